The second-order valence-corrected chi connectivity index (χ2v) is 6.95. The molecule has 1 heterocycles. The molecule has 2 aromatic carbocycles. The van der Waals surface area contributed by atoms with E-state index in [0.717, 1.165) is 19.3 Å². The fourth-order valence-corrected chi connectivity index (χ4v) is 3.63. The Morgan fingerprint density at radius 1 is 1.00 bits per heavy atom. The Balaban J connectivity index is 1.51. The zero-order valence-electron chi connectivity index (χ0n) is 15.9. The summed E-state index contributed by atoms with van der Waals surface area (Å²) in [5.74, 6) is 0.453. The fourth-order valence-electron chi connectivity index (χ4n) is 3.63. The third-order valence-electron chi connectivity index (χ3n) is 5.10. The molecule has 0 fully saturated rings. The normalized spacial score (nSPS) is 15.5. The second-order valence-electron chi connectivity index (χ2n) is 6.95. The predicted octanol–water partition coefficient (Wildman–Crippen LogP) is 3.38. The Labute approximate surface area is 163 Å². The monoisotopic (exact) mass is 382 g/mol. The van der Waals surface area contributed by atoms with Crippen molar-refractivity contribution >= 4 is 11.8 Å². The molecule has 28 heavy (non-hydrogen) atoms. The number of ketones is 1. The quantitative estimate of drug-likeness (QED) is 0.583. The molecule has 2 aliphatic rings. The van der Waals surface area contributed by atoms with Crippen LogP contribution in [0.1, 0.15) is 45.2 Å². The van der Waals surface area contributed by atoms with Gasteiger partial charge < -0.3 is 18.9 Å². The second kappa shape index (κ2) is 7.54. The molecule has 146 valence electrons. The summed E-state index contributed by atoms with van der Waals surface area (Å²) in [7, 11) is 1.49. The van der Waals surface area contributed by atoms with Crippen LogP contribution in [0.2, 0.25) is 0 Å². The molecule has 0 unspecified atom stereocenters. The summed E-state index contributed by atoms with van der Waals surface area (Å²) in [5.41, 5.74) is 3.32. The van der Waals surface area contributed by atoms with E-state index in [0.29, 0.717) is 36.0 Å². The highest BCUT2D eigenvalue weighted by molar-refractivity contribution is 6.01. The highest BCUT2D eigenvalue weighted by Crippen LogP contribution is 2.40. The number of Topliss-reactive ketones (excluding diaryl/α,β-unsaturated/α-hetero) is 1. The first kappa shape index (κ1) is 18.3. The average molecular weight is 382 g/mol. The number of rotatable bonds is 5. The van der Waals surface area contributed by atoms with Gasteiger partial charge >= 0.3 is 5.97 Å². The smallest absolute Gasteiger partial charge is 0.339 e. The lowest BCUT2D eigenvalue weighted by Gasteiger charge is -2.21. The summed E-state index contributed by atoms with van der Waals surface area (Å²) in [6.07, 6.45) is 2.26. The molecule has 0 spiro atoms. The van der Waals surface area contributed by atoms with E-state index in [9.17, 15) is 9.59 Å². The number of hydrogen-bond acceptors (Lipinski definition) is 6. The van der Waals surface area contributed by atoms with Crippen molar-refractivity contribution in [3.05, 3.63) is 52.6 Å². The average Bonchev–Trinajstić information content (AvgIpc) is 3.20. The molecule has 1 aliphatic carbocycles. The summed E-state index contributed by atoms with van der Waals surface area (Å²) in [6.45, 7) is 2.39. The molecule has 0 radical (unpaired) electrons. The van der Waals surface area contributed by atoms with Gasteiger partial charge in [0.15, 0.2) is 17.6 Å². The van der Waals surface area contributed by atoms with Gasteiger partial charge in [-0.15, -0.1) is 0 Å². The summed E-state index contributed by atoms with van der Waals surface area (Å²) < 4.78 is 21.8. The maximum atomic E-state index is 12.7. The Kier molecular flexibility index (Phi) is 4.94. The molecule has 0 bridgehead atoms. The Hall–Kier alpha value is -3.02. The highest BCUT2D eigenvalue weighted by Gasteiger charge is 2.25. The fraction of sp³-hybridized carbons (Fsp3) is 0.364. The molecular formula is C22H22O6. The summed E-state index contributed by atoms with van der Waals surface area (Å²) in [4.78, 5) is 25.3. The van der Waals surface area contributed by atoms with Crippen LogP contribution in [0.15, 0.2) is 30.3 Å². The van der Waals surface area contributed by atoms with Gasteiger partial charge in [-0.05, 0) is 55.5 Å². The summed E-state index contributed by atoms with van der Waals surface area (Å²) in [6, 6.07) is 8.80. The summed E-state index contributed by atoms with van der Waals surface area (Å²) >= 11 is 0. The third-order valence-corrected chi connectivity index (χ3v) is 5.10. The molecule has 0 saturated heterocycles. The first-order valence-corrected chi connectivity index (χ1v) is 9.41. The number of benzene rings is 2. The largest absolute Gasteiger partial charge is 0.493 e. The Bertz CT molecular complexity index is 916. The van der Waals surface area contributed by atoms with E-state index in [1.54, 1.807) is 13.0 Å². The Morgan fingerprint density at radius 2 is 1.79 bits per heavy atom. The van der Waals surface area contributed by atoms with E-state index in [4.69, 9.17) is 18.9 Å². The SMILES string of the molecule is COc1cc(C(=O)O[C@@H](C)C(=O)c2ccc3c(c2)CCC3)cc2c1OCCO2. The minimum Gasteiger partial charge on any atom is -0.493 e. The van der Waals surface area contributed by atoms with Crippen LogP contribution in [-0.4, -0.2) is 38.2 Å². The standard InChI is InChI=1S/C22H22O6/c1-13(20(23)16-7-6-14-4-3-5-15(14)10-16)28-22(24)17-11-18(25-2)21-19(12-17)26-8-9-27-21/h6-7,10-13H,3-5,8-9H2,1-2H3/t13-/m0/s1. The molecule has 2 aromatic rings. The van der Waals surface area contributed by atoms with Crippen LogP contribution in [0.4, 0.5) is 0 Å². The molecule has 6 nitrogen and oxygen atoms in total. The minimum atomic E-state index is -0.897. The molecule has 0 aromatic heterocycles. The topological polar surface area (TPSA) is 71.1 Å². The van der Waals surface area contributed by atoms with Crippen molar-refractivity contribution in [3.8, 4) is 17.2 Å². The molecule has 1 atom stereocenters. The predicted molar refractivity (Wildman–Crippen MR) is 102 cm³/mol. The molecular weight excluding hydrogens is 360 g/mol. The van der Waals surface area contributed by atoms with Crippen LogP contribution < -0.4 is 14.2 Å². The zero-order valence-corrected chi connectivity index (χ0v) is 15.9. The van der Waals surface area contributed by atoms with E-state index < -0.39 is 12.1 Å². The van der Waals surface area contributed by atoms with E-state index in [1.807, 2.05) is 18.2 Å². The van der Waals surface area contributed by atoms with Crippen LogP contribution in [0.5, 0.6) is 17.2 Å². The molecule has 0 amide bonds. The lowest BCUT2D eigenvalue weighted by atomic mass is 10.0. The van der Waals surface area contributed by atoms with Crippen LogP contribution in [0, 0.1) is 0 Å². The van der Waals surface area contributed by atoms with Gasteiger partial charge in [0.25, 0.3) is 0 Å². The first-order valence-electron chi connectivity index (χ1n) is 9.41. The number of esters is 1. The van der Waals surface area contributed by atoms with Crippen molar-refractivity contribution in [2.45, 2.75) is 32.3 Å². The summed E-state index contributed by atoms with van der Waals surface area (Å²) in [5, 5.41) is 0. The van der Waals surface area contributed by atoms with Gasteiger partial charge in [0.05, 0.1) is 12.7 Å². The minimum absolute atomic E-state index is 0.215. The maximum absolute atomic E-state index is 12.7. The van der Waals surface area contributed by atoms with Gasteiger partial charge in [-0.2, -0.15) is 0 Å². The number of carbonyl (C=O) groups is 2. The number of aryl methyl sites for hydroxylation is 2. The van der Waals surface area contributed by atoms with Crippen LogP contribution >= 0.6 is 0 Å². The van der Waals surface area contributed by atoms with Gasteiger partial charge in [0, 0.05) is 5.56 Å². The zero-order chi connectivity index (χ0) is 19.7. The maximum Gasteiger partial charge on any atom is 0.339 e. The lowest BCUT2D eigenvalue weighted by molar-refractivity contribution is 0.0317. The van der Waals surface area contributed by atoms with E-state index >= 15 is 0 Å². The Morgan fingerprint density at radius 3 is 2.61 bits per heavy atom. The van der Waals surface area contributed by atoms with Crippen LogP contribution in [0.3, 0.4) is 0 Å². The van der Waals surface area contributed by atoms with Gasteiger partial charge in [0.2, 0.25) is 11.5 Å². The number of fused-ring (bicyclic) bond motifs is 2. The van der Waals surface area contributed by atoms with Crippen molar-refractivity contribution < 1.29 is 28.5 Å². The van der Waals surface area contributed by atoms with Crippen LogP contribution in [-0.2, 0) is 17.6 Å². The van der Waals surface area contributed by atoms with Crippen molar-refractivity contribution in [3.63, 3.8) is 0 Å². The molecule has 6 heteroatoms. The third kappa shape index (κ3) is 3.42. The highest BCUT2D eigenvalue weighted by atomic mass is 16.6. The molecule has 0 saturated carbocycles. The van der Waals surface area contributed by atoms with Crippen molar-refractivity contribution in [1.29, 1.82) is 0 Å². The van der Waals surface area contributed by atoms with Gasteiger partial charge in [0.1, 0.15) is 13.2 Å². The van der Waals surface area contributed by atoms with Gasteiger partial charge in [-0.1, -0.05) is 12.1 Å². The molecule has 1 aliphatic heterocycles. The number of carbonyl (C=O) groups excluding carboxylic acids is 2. The van der Waals surface area contributed by atoms with E-state index in [1.165, 1.54) is 24.3 Å². The number of ether oxygens (including phenoxy) is 4. The van der Waals surface area contributed by atoms with Crippen molar-refractivity contribution in [1.82, 2.24) is 0 Å². The lowest BCUT2D eigenvalue weighted by Crippen LogP contribution is -2.25. The van der Waals surface area contributed by atoms with Gasteiger partial charge in [-0.3, -0.25) is 4.79 Å². The first-order chi connectivity index (χ1) is 13.6. The number of hydrogen-bond donors (Lipinski definition) is 0. The molecule has 4 rings (SSSR count). The molecule has 0 N–H and O–H groups in total. The van der Waals surface area contributed by atoms with E-state index in [-0.39, 0.29) is 11.3 Å². The van der Waals surface area contributed by atoms with Crippen LogP contribution in [0.25, 0.3) is 0 Å². The number of methoxy groups -OCH3 is 1. The van der Waals surface area contributed by atoms with Crippen molar-refractivity contribution in [2.75, 3.05) is 20.3 Å². The van der Waals surface area contributed by atoms with E-state index in [2.05, 4.69) is 0 Å². The van der Waals surface area contributed by atoms with Crippen molar-refractivity contribution in [2.24, 2.45) is 0 Å². The van der Waals surface area contributed by atoms with Gasteiger partial charge in [-0.25, -0.2) is 4.79 Å².